The maximum Gasteiger partial charge on any atom is 0.243 e. The summed E-state index contributed by atoms with van der Waals surface area (Å²) in [6.07, 6.45) is 1.97. The number of hydrogen-bond acceptors (Lipinski definition) is 4. The summed E-state index contributed by atoms with van der Waals surface area (Å²) in [5.74, 6) is 1.91. The van der Waals surface area contributed by atoms with Gasteiger partial charge in [0, 0.05) is 17.4 Å². The third-order valence-electron chi connectivity index (χ3n) is 4.73. The molecule has 0 aromatic heterocycles. The van der Waals surface area contributed by atoms with Crippen molar-refractivity contribution in [3.63, 3.8) is 0 Å². The number of nitrogens with one attached hydrogen (secondary N) is 2. The van der Waals surface area contributed by atoms with Gasteiger partial charge in [-0.05, 0) is 60.7 Å². The molecule has 5 nitrogen and oxygen atoms in total. The number of carbonyl (C=O) groups excluding carboxylic acids is 1. The normalized spacial score (nSPS) is 10.6. The molecule has 5 heteroatoms. The Labute approximate surface area is 190 Å². The van der Waals surface area contributed by atoms with E-state index >= 15 is 0 Å². The van der Waals surface area contributed by atoms with Crippen molar-refractivity contribution in [2.24, 2.45) is 5.92 Å². The third-order valence-corrected chi connectivity index (χ3v) is 4.73. The van der Waals surface area contributed by atoms with E-state index in [-0.39, 0.29) is 12.5 Å². The fraction of sp³-hybridized carbons (Fsp3) is 0.296. The molecule has 168 valence electrons. The molecular weight excluding hydrogens is 400 g/mol. The number of benzene rings is 3. The zero-order chi connectivity index (χ0) is 22.6. The molecule has 0 fully saturated rings. The minimum absolute atomic E-state index is 0.118. The molecule has 0 saturated heterocycles. The molecule has 0 saturated carbocycles. The van der Waals surface area contributed by atoms with E-state index in [4.69, 9.17) is 9.47 Å². The topological polar surface area (TPSA) is 59.6 Å². The minimum atomic E-state index is -0.118. The number of anilines is 2. The molecule has 3 aromatic rings. The second-order valence-electron chi connectivity index (χ2n) is 8.10. The number of carbonyl (C=O) groups is 1. The number of amides is 1. The highest BCUT2D eigenvalue weighted by atomic mass is 16.5. The Morgan fingerprint density at radius 3 is 2.38 bits per heavy atom. The predicted molar refractivity (Wildman–Crippen MR) is 131 cm³/mol. The van der Waals surface area contributed by atoms with E-state index in [9.17, 15) is 4.79 Å². The van der Waals surface area contributed by atoms with Crippen molar-refractivity contribution < 1.29 is 14.3 Å². The molecule has 0 bridgehead atoms. The lowest BCUT2D eigenvalue weighted by molar-refractivity contribution is -0.114. The van der Waals surface area contributed by atoms with Crippen LogP contribution in [0.4, 0.5) is 11.4 Å². The van der Waals surface area contributed by atoms with Gasteiger partial charge in [-0.3, -0.25) is 4.79 Å². The van der Waals surface area contributed by atoms with Crippen molar-refractivity contribution in [1.82, 2.24) is 0 Å². The molecule has 0 aliphatic carbocycles. The van der Waals surface area contributed by atoms with Gasteiger partial charge in [0.2, 0.25) is 5.91 Å². The van der Waals surface area contributed by atoms with E-state index < -0.39 is 0 Å². The van der Waals surface area contributed by atoms with Crippen molar-refractivity contribution in [2.45, 2.75) is 26.7 Å². The molecule has 3 aromatic carbocycles. The van der Waals surface area contributed by atoms with Gasteiger partial charge < -0.3 is 20.1 Å². The van der Waals surface area contributed by atoms with E-state index in [1.54, 1.807) is 0 Å². The van der Waals surface area contributed by atoms with Crippen LogP contribution in [-0.2, 0) is 11.2 Å². The van der Waals surface area contributed by atoms with E-state index in [1.165, 1.54) is 5.56 Å². The SMILES string of the molecule is CC(C)COc1cccc(NC(=O)CNc2ccc(OCCCc3ccccc3)cc2)c1. The van der Waals surface area contributed by atoms with Crippen LogP contribution in [0.15, 0.2) is 78.9 Å². The number of rotatable bonds is 12. The Morgan fingerprint density at radius 2 is 1.62 bits per heavy atom. The first kappa shape index (κ1) is 23.2. The average Bonchev–Trinajstić information content (AvgIpc) is 2.81. The zero-order valence-electron chi connectivity index (χ0n) is 18.8. The quantitative estimate of drug-likeness (QED) is 0.356. The van der Waals surface area contributed by atoms with Crippen LogP contribution >= 0.6 is 0 Å². The first-order valence-corrected chi connectivity index (χ1v) is 11.1. The largest absolute Gasteiger partial charge is 0.494 e. The van der Waals surface area contributed by atoms with Crippen LogP contribution in [0.2, 0.25) is 0 Å². The standard InChI is InChI=1S/C27H32N2O3/c1-21(2)20-32-26-12-6-11-24(18-26)29-27(30)19-28-23-13-15-25(16-14-23)31-17-7-10-22-8-4-3-5-9-22/h3-6,8-9,11-16,18,21,28H,7,10,17,19-20H2,1-2H3,(H,29,30). The first-order valence-electron chi connectivity index (χ1n) is 11.1. The van der Waals surface area contributed by atoms with E-state index in [2.05, 4.69) is 48.7 Å². The average molecular weight is 433 g/mol. The highest BCUT2D eigenvalue weighted by molar-refractivity contribution is 5.93. The van der Waals surface area contributed by atoms with Gasteiger partial charge in [0.15, 0.2) is 0 Å². The lowest BCUT2D eigenvalue weighted by Gasteiger charge is -2.12. The number of ether oxygens (including phenoxy) is 2. The maximum absolute atomic E-state index is 12.3. The van der Waals surface area contributed by atoms with Gasteiger partial charge in [0.25, 0.3) is 0 Å². The fourth-order valence-corrected chi connectivity index (χ4v) is 3.09. The fourth-order valence-electron chi connectivity index (χ4n) is 3.09. The van der Waals surface area contributed by atoms with Crippen LogP contribution < -0.4 is 20.1 Å². The lowest BCUT2D eigenvalue weighted by atomic mass is 10.1. The smallest absolute Gasteiger partial charge is 0.243 e. The van der Waals surface area contributed by atoms with Crippen molar-refractivity contribution >= 4 is 17.3 Å². The number of aryl methyl sites for hydroxylation is 1. The molecule has 0 heterocycles. The van der Waals surface area contributed by atoms with Crippen LogP contribution in [0.25, 0.3) is 0 Å². The van der Waals surface area contributed by atoms with Crippen molar-refractivity contribution in [3.05, 3.63) is 84.4 Å². The van der Waals surface area contributed by atoms with Crippen molar-refractivity contribution in [2.75, 3.05) is 30.4 Å². The molecule has 0 unspecified atom stereocenters. The summed E-state index contributed by atoms with van der Waals surface area (Å²) in [4.78, 5) is 12.3. The van der Waals surface area contributed by atoms with Gasteiger partial charge in [-0.15, -0.1) is 0 Å². The summed E-state index contributed by atoms with van der Waals surface area (Å²) < 4.78 is 11.5. The molecule has 0 aliphatic rings. The molecule has 32 heavy (non-hydrogen) atoms. The van der Waals surface area contributed by atoms with E-state index in [1.807, 2.05) is 54.6 Å². The van der Waals surface area contributed by atoms with Gasteiger partial charge in [-0.2, -0.15) is 0 Å². The molecule has 0 atom stereocenters. The third kappa shape index (κ3) is 8.34. The molecule has 0 aliphatic heterocycles. The highest BCUT2D eigenvalue weighted by Gasteiger charge is 2.05. The van der Waals surface area contributed by atoms with Gasteiger partial charge in [0.1, 0.15) is 11.5 Å². The van der Waals surface area contributed by atoms with Crippen LogP contribution in [0.3, 0.4) is 0 Å². The Morgan fingerprint density at radius 1 is 0.844 bits per heavy atom. The second-order valence-corrected chi connectivity index (χ2v) is 8.10. The van der Waals surface area contributed by atoms with E-state index in [0.717, 1.165) is 35.7 Å². The predicted octanol–water partition coefficient (Wildman–Crippen LogP) is 5.78. The lowest BCUT2D eigenvalue weighted by Crippen LogP contribution is -2.21. The van der Waals surface area contributed by atoms with Crippen molar-refractivity contribution in [3.8, 4) is 11.5 Å². The minimum Gasteiger partial charge on any atom is -0.494 e. The molecular formula is C27H32N2O3. The summed E-state index contributed by atoms with van der Waals surface area (Å²) in [6, 6.07) is 25.5. The van der Waals surface area contributed by atoms with Crippen LogP contribution in [0, 0.1) is 5.92 Å². The first-order chi connectivity index (χ1) is 15.6. The van der Waals surface area contributed by atoms with Crippen LogP contribution in [-0.4, -0.2) is 25.7 Å². The highest BCUT2D eigenvalue weighted by Crippen LogP contribution is 2.19. The van der Waals surface area contributed by atoms with Gasteiger partial charge >= 0.3 is 0 Å². The van der Waals surface area contributed by atoms with Gasteiger partial charge in [-0.1, -0.05) is 50.2 Å². The van der Waals surface area contributed by atoms with Gasteiger partial charge in [-0.25, -0.2) is 0 Å². The zero-order valence-corrected chi connectivity index (χ0v) is 18.8. The van der Waals surface area contributed by atoms with E-state index in [0.29, 0.717) is 19.1 Å². The molecule has 0 spiro atoms. The molecule has 3 rings (SSSR count). The Hall–Kier alpha value is -3.47. The monoisotopic (exact) mass is 432 g/mol. The number of hydrogen-bond donors (Lipinski definition) is 2. The van der Waals surface area contributed by atoms with Crippen molar-refractivity contribution in [1.29, 1.82) is 0 Å². The van der Waals surface area contributed by atoms with Crippen LogP contribution in [0.1, 0.15) is 25.8 Å². The second kappa shape index (κ2) is 12.4. The Balaban J connectivity index is 1.37. The van der Waals surface area contributed by atoms with Gasteiger partial charge in [0.05, 0.1) is 19.8 Å². The van der Waals surface area contributed by atoms with Crippen LogP contribution in [0.5, 0.6) is 11.5 Å². The summed E-state index contributed by atoms with van der Waals surface area (Å²) in [6.45, 7) is 5.69. The molecule has 2 N–H and O–H groups in total. The summed E-state index contributed by atoms with van der Waals surface area (Å²) in [5.41, 5.74) is 2.91. The maximum atomic E-state index is 12.3. The molecule has 1 amide bonds. The Bertz CT molecular complexity index is 956. The molecule has 0 radical (unpaired) electrons. The summed E-state index contributed by atoms with van der Waals surface area (Å²) in [7, 11) is 0. The summed E-state index contributed by atoms with van der Waals surface area (Å²) >= 11 is 0. The summed E-state index contributed by atoms with van der Waals surface area (Å²) in [5, 5.41) is 6.03. The Kier molecular flexibility index (Phi) is 8.99.